The van der Waals surface area contributed by atoms with E-state index in [0.717, 1.165) is 12.8 Å². The van der Waals surface area contributed by atoms with Crippen LogP contribution in [0.1, 0.15) is 55.8 Å². The van der Waals surface area contributed by atoms with Gasteiger partial charge in [0.2, 0.25) is 0 Å². The van der Waals surface area contributed by atoms with Gasteiger partial charge in [-0.1, -0.05) is 32.6 Å². The van der Waals surface area contributed by atoms with Gasteiger partial charge in [-0.25, -0.2) is 0 Å². The molecule has 0 aliphatic rings. The zero-order valence-electron chi connectivity index (χ0n) is 12.2. The Balaban J connectivity index is 2.56. The van der Waals surface area contributed by atoms with Crippen LogP contribution >= 0.6 is 0 Å². The summed E-state index contributed by atoms with van der Waals surface area (Å²) in [5, 5.41) is 0. The average molecular weight is 264 g/mol. The molecule has 0 heterocycles. The Morgan fingerprint density at radius 1 is 1.05 bits per heavy atom. The molecule has 0 aromatic heterocycles. The number of ketones is 1. The summed E-state index contributed by atoms with van der Waals surface area (Å²) < 4.78 is 10.4. The third-order valence-electron chi connectivity index (χ3n) is 3.22. The first-order chi connectivity index (χ1) is 9.22. The fraction of sp³-hybridized carbons (Fsp3) is 0.562. The summed E-state index contributed by atoms with van der Waals surface area (Å²) in [5.41, 5.74) is 0.652. The fourth-order valence-corrected chi connectivity index (χ4v) is 2.05. The first-order valence-electron chi connectivity index (χ1n) is 6.98. The van der Waals surface area contributed by atoms with E-state index in [-0.39, 0.29) is 5.78 Å². The van der Waals surface area contributed by atoms with E-state index in [2.05, 4.69) is 6.92 Å². The van der Waals surface area contributed by atoms with E-state index >= 15 is 0 Å². The third kappa shape index (κ3) is 4.93. The Bertz CT molecular complexity index is 399. The molecular formula is C16H24O3. The quantitative estimate of drug-likeness (QED) is 0.494. The summed E-state index contributed by atoms with van der Waals surface area (Å²) >= 11 is 0. The molecule has 0 atom stereocenters. The van der Waals surface area contributed by atoms with Gasteiger partial charge in [0, 0.05) is 12.5 Å². The molecule has 19 heavy (non-hydrogen) atoms. The van der Waals surface area contributed by atoms with E-state index in [0.29, 0.717) is 23.5 Å². The van der Waals surface area contributed by atoms with Crippen LogP contribution in [0, 0.1) is 0 Å². The van der Waals surface area contributed by atoms with Gasteiger partial charge in [-0.05, 0) is 18.6 Å². The topological polar surface area (TPSA) is 35.5 Å². The van der Waals surface area contributed by atoms with Crippen LogP contribution in [0.4, 0.5) is 0 Å². The van der Waals surface area contributed by atoms with E-state index in [9.17, 15) is 4.79 Å². The van der Waals surface area contributed by atoms with E-state index in [1.165, 1.54) is 19.3 Å². The van der Waals surface area contributed by atoms with Gasteiger partial charge in [0.1, 0.15) is 11.5 Å². The first-order valence-corrected chi connectivity index (χ1v) is 6.98. The number of methoxy groups -OCH3 is 2. The monoisotopic (exact) mass is 264 g/mol. The summed E-state index contributed by atoms with van der Waals surface area (Å²) in [6.07, 6.45) is 6.35. The highest BCUT2D eigenvalue weighted by Crippen LogP contribution is 2.26. The number of carbonyl (C=O) groups excluding carboxylic acids is 1. The Kier molecular flexibility index (Phi) is 7.01. The van der Waals surface area contributed by atoms with Gasteiger partial charge in [0.25, 0.3) is 0 Å². The van der Waals surface area contributed by atoms with Crippen molar-refractivity contribution in [2.45, 2.75) is 45.4 Å². The Morgan fingerprint density at radius 2 is 1.79 bits per heavy atom. The van der Waals surface area contributed by atoms with E-state index < -0.39 is 0 Å². The van der Waals surface area contributed by atoms with Crippen molar-refractivity contribution in [3.63, 3.8) is 0 Å². The molecule has 0 bridgehead atoms. The molecule has 0 unspecified atom stereocenters. The maximum atomic E-state index is 12.1. The highest BCUT2D eigenvalue weighted by Gasteiger charge is 2.12. The van der Waals surface area contributed by atoms with Crippen LogP contribution in [0.3, 0.4) is 0 Å². The lowest BCUT2D eigenvalue weighted by Crippen LogP contribution is -2.02. The van der Waals surface area contributed by atoms with E-state index in [1.54, 1.807) is 32.4 Å². The summed E-state index contributed by atoms with van der Waals surface area (Å²) in [6.45, 7) is 2.19. The number of hydrogen-bond acceptors (Lipinski definition) is 3. The molecule has 0 radical (unpaired) electrons. The predicted octanol–water partition coefficient (Wildman–Crippen LogP) is 4.25. The standard InChI is InChI=1S/C16H24O3/c1-4-5-6-7-8-9-15(17)14-11-10-13(18-2)12-16(14)19-3/h10-12H,4-9H2,1-3H3. The molecule has 1 aromatic carbocycles. The van der Waals surface area contributed by atoms with Crippen molar-refractivity contribution in [3.05, 3.63) is 23.8 Å². The first kappa shape index (κ1) is 15.5. The van der Waals surface area contributed by atoms with Crippen molar-refractivity contribution in [2.75, 3.05) is 14.2 Å². The minimum atomic E-state index is 0.149. The average Bonchev–Trinajstić information content (AvgIpc) is 2.46. The van der Waals surface area contributed by atoms with Crippen molar-refractivity contribution in [2.24, 2.45) is 0 Å². The summed E-state index contributed by atoms with van der Waals surface area (Å²) in [5.74, 6) is 1.45. The maximum Gasteiger partial charge on any atom is 0.166 e. The SMILES string of the molecule is CCCCCCCC(=O)c1ccc(OC)cc1OC. The zero-order valence-corrected chi connectivity index (χ0v) is 12.2. The van der Waals surface area contributed by atoms with Crippen LogP contribution in [0.25, 0.3) is 0 Å². The number of Topliss-reactive ketones (excluding diaryl/α,β-unsaturated/α-hetero) is 1. The predicted molar refractivity (Wildman–Crippen MR) is 77.3 cm³/mol. The number of ether oxygens (including phenoxy) is 2. The van der Waals surface area contributed by atoms with Crippen LogP contribution in [-0.2, 0) is 0 Å². The van der Waals surface area contributed by atoms with Gasteiger partial charge in [-0.15, -0.1) is 0 Å². The molecule has 3 nitrogen and oxygen atoms in total. The molecule has 1 aromatic rings. The highest BCUT2D eigenvalue weighted by atomic mass is 16.5. The molecule has 0 amide bonds. The second-order valence-electron chi connectivity index (χ2n) is 4.65. The van der Waals surface area contributed by atoms with E-state index in [4.69, 9.17) is 9.47 Å². The molecule has 0 spiro atoms. The van der Waals surface area contributed by atoms with Gasteiger partial charge in [-0.2, -0.15) is 0 Å². The van der Waals surface area contributed by atoms with Crippen molar-refractivity contribution >= 4 is 5.78 Å². The Labute approximate surface area is 115 Å². The summed E-state index contributed by atoms with van der Waals surface area (Å²) in [7, 11) is 3.18. The van der Waals surface area contributed by atoms with Crippen molar-refractivity contribution in [3.8, 4) is 11.5 Å². The maximum absolute atomic E-state index is 12.1. The lowest BCUT2D eigenvalue weighted by atomic mass is 10.0. The molecule has 0 fully saturated rings. The van der Waals surface area contributed by atoms with Crippen LogP contribution in [0.5, 0.6) is 11.5 Å². The lowest BCUT2D eigenvalue weighted by molar-refractivity contribution is 0.0976. The molecule has 3 heteroatoms. The molecule has 0 aliphatic carbocycles. The second-order valence-corrected chi connectivity index (χ2v) is 4.65. The summed E-state index contributed by atoms with van der Waals surface area (Å²) in [4.78, 5) is 12.1. The van der Waals surface area contributed by atoms with Gasteiger partial charge < -0.3 is 9.47 Å². The molecule has 0 saturated carbocycles. The largest absolute Gasteiger partial charge is 0.497 e. The molecule has 0 saturated heterocycles. The van der Waals surface area contributed by atoms with Gasteiger partial charge in [-0.3, -0.25) is 4.79 Å². The van der Waals surface area contributed by atoms with Crippen LogP contribution < -0.4 is 9.47 Å². The van der Waals surface area contributed by atoms with Crippen molar-refractivity contribution in [1.29, 1.82) is 0 Å². The third-order valence-corrected chi connectivity index (χ3v) is 3.22. The zero-order chi connectivity index (χ0) is 14.1. The fourth-order valence-electron chi connectivity index (χ4n) is 2.05. The second kappa shape index (κ2) is 8.57. The van der Waals surface area contributed by atoms with Crippen molar-refractivity contribution in [1.82, 2.24) is 0 Å². The van der Waals surface area contributed by atoms with Gasteiger partial charge >= 0.3 is 0 Å². The molecule has 1 rings (SSSR count). The van der Waals surface area contributed by atoms with Gasteiger partial charge in [0.15, 0.2) is 5.78 Å². The Morgan fingerprint density at radius 3 is 2.42 bits per heavy atom. The molecule has 0 aliphatic heterocycles. The number of benzene rings is 1. The summed E-state index contributed by atoms with van der Waals surface area (Å²) in [6, 6.07) is 5.34. The minimum absolute atomic E-state index is 0.149. The lowest BCUT2D eigenvalue weighted by Gasteiger charge is -2.09. The number of carbonyl (C=O) groups is 1. The number of rotatable bonds is 9. The molecule has 0 N–H and O–H groups in total. The van der Waals surface area contributed by atoms with Crippen LogP contribution in [-0.4, -0.2) is 20.0 Å². The molecular weight excluding hydrogens is 240 g/mol. The highest BCUT2D eigenvalue weighted by molar-refractivity contribution is 5.98. The van der Waals surface area contributed by atoms with Crippen LogP contribution in [0.2, 0.25) is 0 Å². The number of hydrogen-bond donors (Lipinski definition) is 0. The smallest absolute Gasteiger partial charge is 0.166 e. The van der Waals surface area contributed by atoms with Crippen molar-refractivity contribution < 1.29 is 14.3 Å². The number of unbranched alkanes of at least 4 members (excludes halogenated alkanes) is 4. The normalized spacial score (nSPS) is 10.3. The Hall–Kier alpha value is -1.51. The van der Waals surface area contributed by atoms with E-state index in [1.807, 2.05) is 0 Å². The molecule has 106 valence electrons. The van der Waals surface area contributed by atoms with Gasteiger partial charge in [0.05, 0.1) is 19.8 Å². The van der Waals surface area contributed by atoms with Crippen LogP contribution in [0.15, 0.2) is 18.2 Å². The minimum Gasteiger partial charge on any atom is -0.497 e.